The average Bonchev–Trinajstić information content (AvgIpc) is 3.03. The Balaban J connectivity index is 2.04. The number of hydrogen-bond acceptors (Lipinski definition) is 1. The Morgan fingerprint density at radius 2 is 1.56 bits per heavy atom. The van der Waals surface area contributed by atoms with Gasteiger partial charge in [-0.2, -0.15) is 0 Å². The van der Waals surface area contributed by atoms with E-state index in [1.54, 1.807) is 6.92 Å². The molecule has 1 aromatic heterocycles. The van der Waals surface area contributed by atoms with Gasteiger partial charge in [0, 0.05) is 13.1 Å². The molecule has 3 aromatic rings. The van der Waals surface area contributed by atoms with Crippen LogP contribution in [-0.2, 0) is 4.79 Å². The van der Waals surface area contributed by atoms with Crippen LogP contribution >= 0.6 is 0 Å². The minimum atomic E-state index is -0.108. The van der Waals surface area contributed by atoms with Crippen molar-refractivity contribution in [2.75, 3.05) is 4.90 Å². The van der Waals surface area contributed by atoms with E-state index in [1.807, 2.05) is 23.1 Å². The predicted octanol–water partition coefficient (Wildman–Crippen LogP) is 4.86. The molecular formula is C22H22N2O. The molecule has 0 radical (unpaired) electrons. The van der Waals surface area contributed by atoms with Crippen molar-refractivity contribution in [3.8, 4) is 5.69 Å². The molecule has 1 amide bonds. The molecule has 3 nitrogen and oxygen atoms in total. The maximum Gasteiger partial charge on any atom is 0.224 e. The molecule has 0 bridgehead atoms. The number of aryl methyl sites for hydroxylation is 3. The third-order valence-electron chi connectivity index (χ3n) is 5.07. The number of para-hydroxylation sites is 2. The fraction of sp³-hybridized carbons (Fsp3) is 0.227. The summed E-state index contributed by atoms with van der Waals surface area (Å²) in [4.78, 5) is 14.6. The summed E-state index contributed by atoms with van der Waals surface area (Å²) in [6, 6.07) is 16.6. The number of nitrogens with zero attached hydrogens (tertiary/aromatic N) is 2. The van der Waals surface area contributed by atoms with Crippen molar-refractivity contribution < 1.29 is 4.79 Å². The molecule has 0 saturated carbocycles. The molecule has 0 saturated heterocycles. The second-order valence-corrected chi connectivity index (χ2v) is 6.90. The molecule has 3 heteroatoms. The lowest BCUT2D eigenvalue weighted by Gasteiger charge is -2.39. The molecule has 1 atom stereocenters. The van der Waals surface area contributed by atoms with Gasteiger partial charge in [0.15, 0.2) is 0 Å². The Morgan fingerprint density at radius 1 is 0.920 bits per heavy atom. The lowest BCUT2D eigenvalue weighted by molar-refractivity contribution is -0.117. The van der Waals surface area contributed by atoms with Crippen LogP contribution in [0.15, 0.2) is 54.7 Å². The first-order chi connectivity index (χ1) is 12.0. The quantitative estimate of drug-likeness (QED) is 0.625. The van der Waals surface area contributed by atoms with Crippen molar-refractivity contribution in [2.45, 2.75) is 33.7 Å². The van der Waals surface area contributed by atoms with E-state index in [9.17, 15) is 4.79 Å². The van der Waals surface area contributed by atoms with Gasteiger partial charge in [0.05, 0.1) is 17.1 Å². The third kappa shape index (κ3) is 2.30. The van der Waals surface area contributed by atoms with E-state index in [0.717, 1.165) is 17.1 Å². The lowest BCUT2D eigenvalue weighted by Crippen LogP contribution is -2.39. The zero-order valence-electron chi connectivity index (χ0n) is 15.1. The highest BCUT2D eigenvalue weighted by Crippen LogP contribution is 2.44. The van der Waals surface area contributed by atoms with Crippen LogP contribution in [0, 0.1) is 20.8 Å². The SMILES string of the molecule is CC(=O)N1c2ccccc2-n2cccc2[C@@H]1c1c(C)cc(C)cc1C. The summed E-state index contributed by atoms with van der Waals surface area (Å²) in [5.74, 6) is 0.0595. The number of fused-ring (bicyclic) bond motifs is 3. The van der Waals surface area contributed by atoms with E-state index in [2.05, 4.69) is 61.9 Å². The molecule has 2 heterocycles. The number of benzene rings is 2. The van der Waals surface area contributed by atoms with Crippen molar-refractivity contribution in [2.24, 2.45) is 0 Å². The number of aromatic nitrogens is 1. The summed E-state index contributed by atoms with van der Waals surface area (Å²) in [6.45, 7) is 8.05. The van der Waals surface area contributed by atoms with Gasteiger partial charge in [0.25, 0.3) is 0 Å². The predicted molar refractivity (Wildman–Crippen MR) is 101 cm³/mol. The van der Waals surface area contributed by atoms with E-state index < -0.39 is 0 Å². The standard InChI is InChI=1S/C22H22N2O/c1-14-12-15(2)21(16(3)13-14)22-20-10-7-11-23(20)18-8-5-6-9-19(18)24(22)17(4)25/h5-13,22H,1-4H3/t22-/m1/s1. The monoisotopic (exact) mass is 330 g/mol. The second kappa shape index (κ2) is 5.62. The van der Waals surface area contributed by atoms with E-state index in [0.29, 0.717) is 0 Å². The first-order valence-corrected chi connectivity index (χ1v) is 8.63. The van der Waals surface area contributed by atoms with Crippen molar-refractivity contribution in [1.82, 2.24) is 4.57 Å². The van der Waals surface area contributed by atoms with Gasteiger partial charge in [-0.1, -0.05) is 29.8 Å². The third-order valence-corrected chi connectivity index (χ3v) is 5.07. The molecule has 0 fully saturated rings. The Kier molecular flexibility index (Phi) is 3.53. The van der Waals surface area contributed by atoms with Crippen LogP contribution < -0.4 is 4.90 Å². The summed E-state index contributed by atoms with van der Waals surface area (Å²) in [7, 11) is 0. The van der Waals surface area contributed by atoms with E-state index in [4.69, 9.17) is 0 Å². The molecule has 0 spiro atoms. The highest BCUT2D eigenvalue weighted by molar-refractivity contribution is 5.96. The number of rotatable bonds is 1. The maximum atomic E-state index is 12.7. The van der Waals surface area contributed by atoms with E-state index in [-0.39, 0.29) is 11.9 Å². The van der Waals surface area contributed by atoms with Crippen LogP contribution in [0.3, 0.4) is 0 Å². The minimum absolute atomic E-state index is 0.0595. The first-order valence-electron chi connectivity index (χ1n) is 8.63. The van der Waals surface area contributed by atoms with Crippen molar-refractivity contribution >= 4 is 11.6 Å². The van der Waals surface area contributed by atoms with Crippen LogP contribution in [0.5, 0.6) is 0 Å². The largest absolute Gasteiger partial charge is 0.316 e. The van der Waals surface area contributed by atoms with Gasteiger partial charge in [-0.25, -0.2) is 0 Å². The molecular weight excluding hydrogens is 308 g/mol. The molecule has 1 aliphatic rings. The highest BCUT2D eigenvalue weighted by atomic mass is 16.2. The molecule has 4 rings (SSSR count). The van der Waals surface area contributed by atoms with Crippen molar-refractivity contribution in [1.29, 1.82) is 0 Å². The number of anilines is 1. The fourth-order valence-electron chi connectivity index (χ4n) is 4.23. The molecule has 0 N–H and O–H groups in total. The molecule has 25 heavy (non-hydrogen) atoms. The topological polar surface area (TPSA) is 25.2 Å². The molecule has 0 aliphatic carbocycles. The van der Waals surface area contributed by atoms with Crippen molar-refractivity contribution in [3.63, 3.8) is 0 Å². The zero-order valence-corrected chi connectivity index (χ0v) is 15.1. The zero-order chi connectivity index (χ0) is 17.7. The van der Waals surface area contributed by atoms with Crippen molar-refractivity contribution in [3.05, 3.63) is 82.7 Å². The van der Waals surface area contributed by atoms with Gasteiger partial charge in [0.1, 0.15) is 6.04 Å². The smallest absolute Gasteiger partial charge is 0.224 e. The van der Waals surface area contributed by atoms with Gasteiger partial charge in [0.2, 0.25) is 5.91 Å². The van der Waals surface area contributed by atoms with Crippen LogP contribution in [0.2, 0.25) is 0 Å². The molecule has 0 unspecified atom stereocenters. The summed E-state index contributed by atoms with van der Waals surface area (Å²) < 4.78 is 2.21. The second-order valence-electron chi connectivity index (χ2n) is 6.90. The Morgan fingerprint density at radius 3 is 2.20 bits per heavy atom. The summed E-state index contributed by atoms with van der Waals surface area (Å²) in [5.41, 5.74) is 8.06. The van der Waals surface area contributed by atoms with Crippen LogP contribution in [0.1, 0.15) is 40.9 Å². The fourth-order valence-corrected chi connectivity index (χ4v) is 4.23. The minimum Gasteiger partial charge on any atom is -0.316 e. The van der Waals surface area contributed by atoms with Crippen LogP contribution in [0.4, 0.5) is 5.69 Å². The summed E-state index contributed by atoms with van der Waals surface area (Å²) in [5, 5.41) is 0. The van der Waals surface area contributed by atoms with E-state index >= 15 is 0 Å². The number of hydrogen-bond donors (Lipinski definition) is 0. The number of carbonyl (C=O) groups is 1. The number of carbonyl (C=O) groups excluding carboxylic acids is 1. The Bertz CT molecular complexity index is 960. The number of amides is 1. The summed E-state index contributed by atoms with van der Waals surface area (Å²) >= 11 is 0. The van der Waals surface area contributed by atoms with Gasteiger partial charge in [-0.05, 0) is 61.7 Å². The van der Waals surface area contributed by atoms with Gasteiger partial charge in [-0.15, -0.1) is 0 Å². The molecule has 2 aromatic carbocycles. The first kappa shape index (κ1) is 15.7. The van der Waals surface area contributed by atoms with E-state index in [1.165, 1.54) is 22.3 Å². The maximum absolute atomic E-state index is 12.7. The molecule has 1 aliphatic heterocycles. The lowest BCUT2D eigenvalue weighted by atomic mass is 9.89. The normalized spacial score (nSPS) is 15.7. The average molecular weight is 330 g/mol. The Hall–Kier alpha value is -2.81. The van der Waals surface area contributed by atoms with Crippen LogP contribution in [0.25, 0.3) is 5.69 Å². The summed E-state index contributed by atoms with van der Waals surface area (Å²) in [6.07, 6.45) is 2.08. The molecule has 126 valence electrons. The highest BCUT2D eigenvalue weighted by Gasteiger charge is 2.35. The Labute approximate surface area is 148 Å². The van der Waals surface area contributed by atoms with Gasteiger partial charge >= 0.3 is 0 Å². The van der Waals surface area contributed by atoms with Gasteiger partial charge < -0.3 is 4.57 Å². The van der Waals surface area contributed by atoms with Gasteiger partial charge in [-0.3, -0.25) is 9.69 Å². The van der Waals surface area contributed by atoms with Crippen LogP contribution in [-0.4, -0.2) is 10.5 Å².